The third-order valence-electron chi connectivity index (χ3n) is 4.25. The highest BCUT2D eigenvalue weighted by Gasteiger charge is 2.20. The number of nitro groups is 1. The zero-order valence-electron chi connectivity index (χ0n) is 14.7. The minimum absolute atomic E-state index is 0.0288. The number of aromatic nitrogens is 2. The van der Waals surface area contributed by atoms with E-state index in [4.69, 9.17) is 11.6 Å². The van der Waals surface area contributed by atoms with E-state index in [1.807, 2.05) is 6.92 Å². The molecule has 26 heavy (non-hydrogen) atoms. The molecule has 0 fully saturated rings. The summed E-state index contributed by atoms with van der Waals surface area (Å²) in [5.74, 6) is 1.31. The Bertz CT molecular complexity index is 1020. The monoisotopic (exact) mass is 367 g/mol. The standard InChI is InChI=1S/C18H17N5O2S/c1-5-22(6-2)16-14-11(3)17(19-4)26-18(14)21-15(20-16)12-7-9-13(10-8-12)23(24)25/h7-10H,5-6H2,1-3H3. The van der Waals surface area contributed by atoms with E-state index in [1.54, 1.807) is 12.1 Å². The molecule has 1 aromatic carbocycles. The number of hydrogen-bond acceptors (Lipinski definition) is 6. The van der Waals surface area contributed by atoms with Crippen molar-refractivity contribution < 1.29 is 4.92 Å². The topological polar surface area (TPSA) is 76.5 Å². The van der Waals surface area contributed by atoms with Crippen molar-refractivity contribution in [2.45, 2.75) is 20.8 Å². The van der Waals surface area contributed by atoms with E-state index in [0.717, 1.165) is 34.7 Å². The smallest absolute Gasteiger partial charge is 0.269 e. The van der Waals surface area contributed by atoms with Crippen molar-refractivity contribution in [1.29, 1.82) is 0 Å². The van der Waals surface area contributed by atoms with Gasteiger partial charge in [0.1, 0.15) is 10.6 Å². The van der Waals surface area contributed by atoms with Crippen LogP contribution in [0.2, 0.25) is 0 Å². The maximum Gasteiger partial charge on any atom is 0.269 e. The number of nitro benzene ring substituents is 1. The first-order valence-corrected chi connectivity index (χ1v) is 9.00. The molecular formula is C18H17N5O2S. The van der Waals surface area contributed by atoms with Crippen molar-refractivity contribution in [1.82, 2.24) is 9.97 Å². The van der Waals surface area contributed by atoms with Gasteiger partial charge in [0.25, 0.3) is 5.69 Å². The number of benzene rings is 1. The number of thiophene rings is 1. The number of aryl methyl sites for hydroxylation is 1. The highest BCUT2D eigenvalue weighted by atomic mass is 32.1. The quantitative estimate of drug-likeness (QED) is 0.361. The van der Waals surface area contributed by atoms with Crippen LogP contribution >= 0.6 is 11.3 Å². The molecule has 0 amide bonds. The number of anilines is 1. The van der Waals surface area contributed by atoms with Crippen molar-refractivity contribution in [3.05, 3.63) is 51.4 Å². The lowest BCUT2D eigenvalue weighted by atomic mass is 10.1. The highest BCUT2D eigenvalue weighted by molar-refractivity contribution is 7.22. The third-order valence-corrected chi connectivity index (χ3v) is 5.33. The van der Waals surface area contributed by atoms with Gasteiger partial charge < -0.3 is 4.90 Å². The lowest BCUT2D eigenvalue weighted by molar-refractivity contribution is -0.384. The Labute approximate surface area is 154 Å². The van der Waals surface area contributed by atoms with Gasteiger partial charge in [0, 0.05) is 36.2 Å². The lowest BCUT2D eigenvalue weighted by Gasteiger charge is -2.21. The Morgan fingerprint density at radius 1 is 1.23 bits per heavy atom. The minimum Gasteiger partial charge on any atom is -0.357 e. The minimum atomic E-state index is -0.431. The molecule has 8 heteroatoms. The zero-order valence-corrected chi connectivity index (χ0v) is 15.5. The van der Waals surface area contributed by atoms with E-state index in [9.17, 15) is 10.1 Å². The van der Waals surface area contributed by atoms with Crippen molar-refractivity contribution in [3.8, 4) is 11.4 Å². The van der Waals surface area contributed by atoms with E-state index in [2.05, 4.69) is 28.6 Å². The molecule has 0 N–H and O–H groups in total. The van der Waals surface area contributed by atoms with Gasteiger partial charge in [-0.3, -0.25) is 10.1 Å². The predicted octanol–water partition coefficient (Wildman–Crippen LogP) is 4.97. The third kappa shape index (κ3) is 2.97. The van der Waals surface area contributed by atoms with E-state index < -0.39 is 4.92 Å². The molecule has 0 saturated heterocycles. The van der Waals surface area contributed by atoms with Gasteiger partial charge in [0.2, 0.25) is 5.00 Å². The molecule has 0 atom stereocenters. The molecule has 3 aromatic rings. The second-order valence-electron chi connectivity index (χ2n) is 5.67. The fourth-order valence-electron chi connectivity index (χ4n) is 2.83. The van der Waals surface area contributed by atoms with Crippen molar-refractivity contribution in [3.63, 3.8) is 0 Å². The molecule has 7 nitrogen and oxygen atoms in total. The predicted molar refractivity (Wildman–Crippen MR) is 104 cm³/mol. The second-order valence-corrected chi connectivity index (χ2v) is 6.65. The average molecular weight is 367 g/mol. The molecule has 0 spiro atoms. The number of hydrogen-bond donors (Lipinski definition) is 0. The van der Waals surface area contributed by atoms with Gasteiger partial charge in [0.05, 0.1) is 11.5 Å². The van der Waals surface area contributed by atoms with Crippen LogP contribution < -0.4 is 4.90 Å². The summed E-state index contributed by atoms with van der Waals surface area (Å²) < 4.78 is 0. The van der Waals surface area contributed by atoms with Crippen LogP contribution in [0.4, 0.5) is 16.5 Å². The molecule has 2 aromatic heterocycles. The molecule has 0 unspecified atom stereocenters. The Morgan fingerprint density at radius 2 is 1.88 bits per heavy atom. The fourth-order valence-corrected chi connectivity index (χ4v) is 3.79. The first-order valence-electron chi connectivity index (χ1n) is 8.18. The van der Waals surface area contributed by atoms with Crippen LogP contribution in [-0.4, -0.2) is 28.0 Å². The maximum absolute atomic E-state index is 10.9. The molecule has 0 aliphatic heterocycles. The summed E-state index contributed by atoms with van der Waals surface area (Å²) in [5, 5.41) is 12.4. The SMILES string of the molecule is [C-]#[N+]c1sc2nc(-c3ccc([N+](=O)[O-])cc3)nc(N(CC)CC)c2c1C. The first kappa shape index (κ1) is 17.8. The Hall–Kier alpha value is -3.05. The molecule has 2 heterocycles. The summed E-state index contributed by atoms with van der Waals surface area (Å²) >= 11 is 1.35. The summed E-state index contributed by atoms with van der Waals surface area (Å²) in [4.78, 5) is 26.3. The highest BCUT2D eigenvalue weighted by Crippen LogP contribution is 2.41. The van der Waals surface area contributed by atoms with Crippen LogP contribution in [0.1, 0.15) is 19.4 Å². The van der Waals surface area contributed by atoms with E-state index in [1.165, 1.54) is 23.5 Å². The van der Waals surface area contributed by atoms with Crippen LogP contribution in [0.3, 0.4) is 0 Å². The van der Waals surface area contributed by atoms with Crippen LogP contribution in [0.5, 0.6) is 0 Å². The van der Waals surface area contributed by atoms with Crippen molar-refractivity contribution >= 4 is 38.1 Å². The molecule has 132 valence electrons. The van der Waals surface area contributed by atoms with Gasteiger partial charge in [-0.2, -0.15) is 0 Å². The Balaban J connectivity index is 2.24. The average Bonchev–Trinajstić information content (AvgIpc) is 2.98. The van der Waals surface area contributed by atoms with Crippen molar-refractivity contribution in [2.75, 3.05) is 18.0 Å². The summed E-state index contributed by atoms with van der Waals surface area (Å²) in [6, 6.07) is 6.21. The van der Waals surface area contributed by atoms with Gasteiger partial charge >= 0.3 is 0 Å². The first-order chi connectivity index (χ1) is 12.5. The number of non-ortho nitro benzene ring substituents is 1. The van der Waals surface area contributed by atoms with Crippen LogP contribution in [0.25, 0.3) is 26.4 Å². The van der Waals surface area contributed by atoms with E-state index >= 15 is 0 Å². The van der Waals surface area contributed by atoms with E-state index in [0.29, 0.717) is 16.4 Å². The largest absolute Gasteiger partial charge is 0.357 e. The molecule has 0 bridgehead atoms. The molecule has 0 aliphatic carbocycles. The zero-order chi connectivity index (χ0) is 18.8. The van der Waals surface area contributed by atoms with Gasteiger partial charge in [0.15, 0.2) is 5.82 Å². The molecule has 0 saturated carbocycles. The summed E-state index contributed by atoms with van der Waals surface area (Å²) in [6.07, 6.45) is 0. The van der Waals surface area contributed by atoms with Gasteiger partial charge in [-0.15, -0.1) is 11.3 Å². The van der Waals surface area contributed by atoms with Crippen molar-refractivity contribution in [2.24, 2.45) is 0 Å². The number of nitrogens with zero attached hydrogens (tertiary/aromatic N) is 5. The second kappa shape index (κ2) is 7.06. The molecule has 0 radical (unpaired) electrons. The van der Waals surface area contributed by atoms with E-state index in [-0.39, 0.29) is 5.69 Å². The van der Waals surface area contributed by atoms with Crippen LogP contribution in [0.15, 0.2) is 24.3 Å². The van der Waals surface area contributed by atoms with Gasteiger partial charge in [-0.05, 0) is 38.5 Å². The van der Waals surface area contributed by atoms with Gasteiger partial charge in [-0.1, -0.05) is 0 Å². The van der Waals surface area contributed by atoms with Gasteiger partial charge in [-0.25, -0.2) is 14.8 Å². The normalized spacial score (nSPS) is 10.7. The Morgan fingerprint density at radius 3 is 2.42 bits per heavy atom. The lowest BCUT2D eigenvalue weighted by Crippen LogP contribution is -2.23. The Kier molecular flexibility index (Phi) is 4.82. The maximum atomic E-state index is 10.9. The fraction of sp³-hybridized carbons (Fsp3) is 0.278. The number of rotatable bonds is 5. The van der Waals surface area contributed by atoms with Crippen LogP contribution in [0, 0.1) is 23.6 Å². The number of fused-ring (bicyclic) bond motifs is 1. The van der Waals surface area contributed by atoms with Crippen LogP contribution in [-0.2, 0) is 0 Å². The summed E-state index contributed by atoms with van der Waals surface area (Å²) in [6.45, 7) is 15.0. The summed E-state index contributed by atoms with van der Waals surface area (Å²) in [5.41, 5.74) is 1.64. The molecule has 0 aliphatic rings. The molecule has 3 rings (SSSR count). The summed E-state index contributed by atoms with van der Waals surface area (Å²) in [7, 11) is 0. The molecular weight excluding hydrogens is 350 g/mol.